The van der Waals surface area contributed by atoms with Crippen molar-refractivity contribution in [1.82, 2.24) is 5.32 Å². The van der Waals surface area contributed by atoms with Crippen LogP contribution in [0.3, 0.4) is 0 Å². The SMILES string of the molecule is CCOC(=O)C[C@H](NC(=O)[C@@H](N)CC(C)C)c1cc(-c2c(C)cc(F)cc2C)cc(C(F)(F)F)c1F. The van der Waals surface area contributed by atoms with E-state index in [0.29, 0.717) is 17.2 Å². The lowest BCUT2D eigenvalue weighted by atomic mass is 9.90. The van der Waals surface area contributed by atoms with Crippen LogP contribution in [0.4, 0.5) is 22.0 Å². The van der Waals surface area contributed by atoms with Crippen molar-refractivity contribution in [3.8, 4) is 11.1 Å². The summed E-state index contributed by atoms with van der Waals surface area (Å²) < 4.78 is 75.7. The molecule has 0 unspecified atom stereocenters. The lowest BCUT2D eigenvalue weighted by molar-refractivity contribution is -0.143. The smallest absolute Gasteiger partial charge is 0.419 e. The van der Waals surface area contributed by atoms with Gasteiger partial charge in [0.05, 0.1) is 30.7 Å². The molecule has 0 spiro atoms. The molecule has 0 saturated carbocycles. The van der Waals surface area contributed by atoms with Crippen molar-refractivity contribution in [2.24, 2.45) is 11.7 Å². The van der Waals surface area contributed by atoms with E-state index < -0.39 is 59.3 Å². The zero-order valence-corrected chi connectivity index (χ0v) is 20.9. The van der Waals surface area contributed by atoms with E-state index in [9.17, 15) is 27.2 Å². The van der Waals surface area contributed by atoms with Crippen LogP contribution in [0.15, 0.2) is 24.3 Å². The van der Waals surface area contributed by atoms with Crippen LogP contribution in [0.5, 0.6) is 0 Å². The maximum absolute atomic E-state index is 15.4. The Labute approximate surface area is 207 Å². The summed E-state index contributed by atoms with van der Waals surface area (Å²) >= 11 is 0. The highest BCUT2D eigenvalue weighted by Crippen LogP contribution is 2.40. The highest BCUT2D eigenvalue weighted by atomic mass is 19.4. The predicted octanol–water partition coefficient (Wildman–Crippen LogP) is 5.75. The van der Waals surface area contributed by atoms with Crippen LogP contribution in [0.2, 0.25) is 0 Å². The molecule has 1 amide bonds. The van der Waals surface area contributed by atoms with E-state index in [1.165, 1.54) is 20.8 Å². The third-order valence-corrected chi connectivity index (χ3v) is 5.62. The molecule has 0 fully saturated rings. The standard InChI is InChI=1S/C26H31F5N2O3/c1-6-36-22(34)12-21(33-25(35)20(32)7-13(2)3)18-10-16(11-19(24(18)28)26(29,30)31)23-14(4)8-17(27)9-15(23)5/h8-11,13,20-21H,6-7,12,32H2,1-5H3,(H,33,35)/t20-,21-/m0/s1. The van der Waals surface area contributed by atoms with Crippen molar-refractivity contribution in [1.29, 1.82) is 0 Å². The Morgan fingerprint density at radius 2 is 1.64 bits per heavy atom. The van der Waals surface area contributed by atoms with E-state index in [0.717, 1.165) is 18.2 Å². The minimum absolute atomic E-state index is 0.0172. The van der Waals surface area contributed by atoms with Gasteiger partial charge in [-0.2, -0.15) is 13.2 Å². The molecular weight excluding hydrogens is 483 g/mol. The minimum Gasteiger partial charge on any atom is -0.466 e. The lowest BCUT2D eigenvalue weighted by Crippen LogP contribution is -2.43. The number of amides is 1. The number of ether oxygens (including phenoxy) is 1. The fraction of sp³-hybridized carbons (Fsp3) is 0.462. The maximum atomic E-state index is 15.4. The monoisotopic (exact) mass is 514 g/mol. The number of hydrogen-bond acceptors (Lipinski definition) is 4. The van der Waals surface area contributed by atoms with E-state index in [1.54, 1.807) is 0 Å². The number of aryl methyl sites for hydroxylation is 2. The Morgan fingerprint density at radius 1 is 1.06 bits per heavy atom. The average molecular weight is 515 g/mol. The second-order valence-corrected chi connectivity index (χ2v) is 9.15. The molecule has 0 saturated heterocycles. The summed E-state index contributed by atoms with van der Waals surface area (Å²) in [5.41, 5.74) is 4.69. The van der Waals surface area contributed by atoms with Crippen LogP contribution in [0.1, 0.15) is 61.9 Å². The summed E-state index contributed by atoms with van der Waals surface area (Å²) in [6.07, 6.45) is -5.43. The highest BCUT2D eigenvalue weighted by Gasteiger charge is 2.38. The van der Waals surface area contributed by atoms with Gasteiger partial charge in [-0.3, -0.25) is 9.59 Å². The van der Waals surface area contributed by atoms with Gasteiger partial charge in [-0.15, -0.1) is 0 Å². The number of alkyl halides is 3. The number of esters is 1. The molecule has 0 bridgehead atoms. The molecule has 0 heterocycles. The molecule has 3 N–H and O–H groups in total. The summed E-state index contributed by atoms with van der Waals surface area (Å²) in [5.74, 6) is -3.75. The van der Waals surface area contributed by atoms with Gasteiger partial charge in [-0.1, -0.05) is 13.8 Å². The van der Waals surface area contributed by atoms with Crippen molar-refractivity contribution < 1.29 is 36.3 Å². The molecule has 10 heteroatoms. The Morgan fingerprint density at radius 3 is 2.14 bits per heavy atom. The maximum Gasteiger partial charge on any atom is 0.419 e. The Balaban J connectivity index is 2.73. The molecule has 5 nitrogen and oxygen atoms in total. The molecule has 198 valence electrons. The van der Waals surface area contributed by atoms with Crippen molar-refractivity contribution in [2.45, 2.75) is 65.7 Å². The summed E-state index contributed by atoms with van der Waals surface area (Å²) in [7, 11) is 0. The van der Waals surface area contributed by atoms with Crippen LogP contribution in [0.25, 0.3) is 11.1 Å². The summed E-state index contributed by atoms with van der Waals surface area (Å²) in [6, 6.07) is 1.57. The van der Waals surface area contributed by atoms with Gasteiger partial charge in [0.25, 0.3) is 0 Å². The lowest BCUT2D eigenvalue weighted by Gasteiger charge is -2.24. The topological polar surface area (TPSA) is 81.4 Å². The zero-order chi connectivity index (χ0) is 27.4. The number of carbonyl (C=O) groups is 2. The normalized spacial score (nSPS) is 13.4. The van der Waals surface area contributed by atoms with Crippen molar-refractivity contribution in [3.05, 3.63) is 58.2 Å². The molecule has 0 aliphatic carbocycles. The van der Waals surface area contributed by atoms with E-state index in [1.807, 2.05) is 13.8 Å². The van der Waals surface area contributed by atoms with Gasteiger partial charge in [0.2, 0.25) is 5.91 Å². The van der Waals surface area contributed by atoms with Gasteiger partial charge >= 0.3 is 12.1 Å². The number of rotatable bonds is 9. The summed E-state index contributed by atoms with van der Waals surface area (Å²) in [4.78, 5) is 25.0. The number of hydrogen-bond donors (Lipinski definition) is 2. The number of benzene rings is 2. The van der Waals surface area contributed by atoms with Gasteiger partial charge in [0, 0.05) is 5.56 Å². The largest absolute Gasteiger partial charge is 0.466 e. The van der Waals surface area contributed by atoms with E-state index in [-0.39, 0.29) is 30.1 Å². The van der Waals surface area contributed by atoms with Gasteiger partial charge in [-0.05, 0) is 79.6 Å². The Bertz CT molecular complexity index is 1090. The first-order chi connectivity index (χ1) is 16.6. The quantitative estimate of drug-likeness (QED) is 0.330. The van der Waals surface area contributed by atoms with Crippen LogP contribution in [-0.2, 0) is 20.5 Å². The third-order valence-electron chi connectivity index (χ3n) is 5.62. The molecule has 2 aromatic carbocycles. The van der Waals surface area contributed by atoms with Crippen LogP contribution < -0.4 is 11.1 Å². The van der Waals surface area contributed by atoms with Crippen molar-refractivity contribution in [3.63, 3.8) is 0 Å². The molecule has 36 heavy (non-hydrogen) atoms. The van der Waals surface area contributed by atoms with Crippen molar-refractivity contribution in [2.75, 3.05) is 6.61 Å². The molecular formula is C26H31F5N2O3. The van der Waals surface area contributed by atoms with Crippen LogP contribution in [0, 0.1) is 31.4 Å². The third kappa shape index (κ3) is 7.25. The van der Waals surface area contributed by atoms with E-state index >= 15 is 4.39 Å². The molecule has 0 aliphatic rings. The molecule has 0 aliphatic heterocycles. The number of nitrogens with one attached hydrogen (secondary N) is 1. The average Bonchev–Trinajstić information content (AvgIpc) is 2.72. The van der Waals surface area contributed by atoms with Gasteiger partial charge in [0.1, 0.15) is 11.6 Å². The first-order valence-corrected chi connectivity index (χ1v) is 11.5. The predicted molar refractivity (Wildman–Crippen MR) is 126 cm³/mol. The van der Waals surface area contributed by atoms with Crippen LogP contribution in [-0.4, -0.2) is 24.5 Å². The molecule has 0 radical (unpaired) electrons. The number of halogens is 5. The molecule has 2 rings (SSSR count). The molecule has 0 aromatic heterocycles. The van der Waals surface area contributed by atoms with Gasteiger partial charge < -0.3 is 15.8 Å². The minimum atomic E-state index is -5.08. The first-order valence-electron chi connectivity index (χ1n) is 11.5. The second kappa shape index (κ2) is 11.8. The van der Waals surface area contributed by atoms with E-state index in [4.69, 9.17) is 10.5 Å². The van der Waals surface area contributed by atoms with E-state index in [2.05, 4.69) is 5.32 Å². The number of nitrogens with two attached hydrogens (primary N) is 1. The number of carbonyl (C=O) groups excluding carboxylic acids is 2. The molecule has 2 aromatic rings. The zero-order valence-electron chi connectivity index (χ0n) is 20.9. The van der Waals surface area contributed by atoms with Crippen molar-refractivity contribution >= 4 is 11.9 Å². The fourth-order valence-electron chi connectivity index (χ4n) is 4.14. The van der Waals surface area contributed by atoms with Crippen LogP contribution >= 0.6 is 0 Å². The summed E-state index contributed by atoms with van der Waals surface area (Å²) in [5, 5.41) is 2.43. The molecule has 2 atom stereocenters. The Hall–Kier alpha value is -3.01. The van der Waals surface area contributed by atoms with Gasteiger partial charge in [0.15, 0.2) is 0 Å². The first kappa shape index (κ1) is 29.2. The highest BCUT2D eigenvalue weighted by molar-refractivity contribution is 5.83. The summed E-state index contributed by atoms with van der Waals surface area (Å²) in [6.45, 7) is 8.21. The van der Waals surface area contributed by atoms with Gasteiger partial charge in [-0.25, -0.2) is 8.78 Å². The fourth-order valence-corrected chi connectivity index (χ4v) is 4.14. The second-order valence-electron chi connectivity index (χ2n) is 9.15. The Kier molecular flexibility index (Phi) is 9.59.